The molecule has 25 heavy (non-hydrogen) atoms. The van der Waals surface area contributed by atoms with E-state index in [9.17, 15) is 9.50 Å². The molecule has 6 heteroatoms. The van der Waals surface area contributed by atoms with E-state index in [-0.39, 0.29) is 17.3 Å². The summed E-state index contributed by atoms with van der Waals surface area (Å²) in [4.78, 5) is 6.79. The Bertz CT molecular complexity index is 693. The lowest BCUT2D eigenvalue weighted by Gasteiger charge is -2.25. The summed E-state index contributed by atoms with van der Waals surface area (Å²) < 4.78 is 18.4. The molecular formula is C19H26FN3O2. The maximum Gasteiger partial charge on any atom is 0.240 e. The average Bonchev–Trinajstić information content (AvgIpc) is 3.18. The zero-order chi connectivity index (χ0) is 18.0. The topological polar surface area (TPSA) is 62.4 Å². The number of likely N-dealkylation sites (tertiary alicyclic amines) is 1. The molecule has 136 valence electrons. The van der Waals surface area contributed by atoms with Crippen LogP contribution >= 0.6 is 0 Å². The first kappa shape index (κ1) is 18.0. The van der Waals surface area contributed by atoms with Crippen molar-refractivity contribution in [2.45, 2.75) is 64.1 Å². The van der Waals surface area contributed by atoms with Crippen LogP contribution in [0, 0.1) is 5.82 Å². The first-order chi connectivity index (χ1) is 11.8. The van der Waals surface area contributed by atoms with Crippen molar-refractivity contribution >= 4 is 0 Å². The Balaban J connectivity index is 1.62. The number of hydrogen-bond donors (Lipinski definition) is 1. The molecule has 1 saturated heterocycles. The second-order valence-corrected chi connectivity index (χ2v) is 7.83. The summed E-state index contributed by atoms with van der Waals surface area (Å²) >= 11 is 0. The highest BCUT2D eigenvalue weighted by molar-refractivity contribution is 5.18. The second-order valence-electron chi connectivity index (χ2n) is 7.83. The molecule has 0 amide bonds. The van der Waals surface area contributed by atoms with Crippen molar-refractivity contribution in [2.24, 2.45) is 0 Å². The molecule has 0 saturated carbocycles. The Hall–Kier alpha value is -1.79. The van der Waals surface area contributed by atoms with E-state index in [2.05, 4.69) is 35.8 Å². The van der Waals surface area contributed by atoms with Crippen LogP contribution in [-0.4, -0.2) is 32.7 Å². The van der Waals surface area contributed by atoms with Crippen LogP contribution in [0.15, 0.2) is 28.8 Å². The number of hydrogen-bond acceptors (Lipinski definition) is 5. The maximum absolute atomic E-state index is 13.0. The average molecular weight is 347 g/mol. The third-order valence-electron chi connectivity index (χ3n) is 4.73. The van der Waals surface area contributed by atoms with Crippen molar-refractivity contribution in [1.29, 1.82) is 0 Å². The van der Waals surface area contributed by atoms with Gasteiger partial charge in [0.2, 0.25) is 5.89 Å². The highest BCUT2D eigenvalue weighted by Crippen LogP contribution is 2.29. The van der Waals surface area contributed by atoms with Gasteiger partial charge in [-0.05, 0) is 43.5 Å². The van der Waals surface area contributed by atoms with Gasteiger partial charge >= 0.3 is 0 Å². The second kappa shape index (κ2) is 7.22. The number of aliphatic hydroxyl groups is 1. The van der Waals surface area contributed by atoms with Gasteiger partial charge in [0, 0.05) is 11.5 Å². The number of aromatic nitrogens is 2. The van der Waals surface area contributed by atoms with Gasteiger partial charge < -0.3 is 9.63 Å². The summed E-state index contributed by atoms with van der Waals surface area (Å²) in [5, 5.41) is 14.5. The van der Waals surface area contributed by atoms with Crippen molar-refractivity contribution in [3.05, 3.63) is 47.4 Å². The van der Waals surface area contributed by atoms with E-state index in [1.54, 1.807) is 12.1 Å². The maximum atomic E-state index is 13.0. The highest BCUT2D eigenvalue weighted by atomic mass is 19.1. The molecule has 2 atom stereocenters. The fraction of sp³-hybridized carbons (Fsp3) is 0.579. The molecule has 0 spiro atoms. The van der Waals surface area contributed by atoms with E-state index in [4.69, 9.17) is 4.52 Å². The molecule has 2 aromatic rings. The molecule has 0 radical (unpaired) electrons. The largest absolute Gasteiger partial charge is 0.388 e. The smallest absolute Gasteiger partial charge is 0.240 e. The molecule has 1 aliphatic rings. The van der Waals surface area contributed by atoms with Gasteiger partial charge in [-0.1, -0.05) is 38.1 Å². The van der Waals surface area contributed by atoms with E-state index in [1.165, 1.54) is 12.1 Å². The number of halogens is 1. The van der Waals surface area contributed by atoms with Gasteiger partial charge in [-0.25, -0.2) is 4.39 Å². The summed E-state index contributed by atoms with van der Waals surface area (Å²) in [7, 11) is 0. The third kappa shape index (κ3) is 4.44. The van der Waals surface area contributed by atoms with Crippen LogP contribution in [0.2, 0.25) is 0 Å². The lowest BCUT2D eigenvalue weighted by Crippen LogP contribution is -2.30. The molecule has 3 rings (SSSR count). The standard InChI is InChI=1S/C19H26FN3O2/c1-19(2,3)18-21-17(25-22-18)12-23-10-4-5-15(23)11-16(24)13-6-8-14(20)9-7-13/h6-9,15-16,24H,4-5,10-12H2,1-3H3/t15-,16-/m0/s1. The molecule has 5 nitrogen and oxygen atoms in total. The Labute approximate surface area is 147 Å². The van der Waals surface area contributed by atoms with Crippen molar-refractivity contribution in [1.82, 2.24) is 15.0 Å². The monoisotopic (exact) mass is 347 g/mol. The first-order valence-corrected chi connectivity index (χ1v) is 8.83. The fourth-order valence-corrected chi connectivity index (χ4v) is 3.25. The zero-order valence-electron chi connectivity index (χ0n) is 15.1. The quantitative estimate of drug-likeness (QED) is 0.895. The molecule has 1 aromatic heterocycles. The van der Waals surface area contributed by atoms with Gasteiger partial charge in [-0.15, -0.1) is 0 Å². The summed E-state index contributed by atoms with van der Waals surface area (Å²) in [5.41, 5.74) is 0.617. The van der Waals surface area contributed by atoms with Crippen LogP contribution in [0.25, 0.3) is 0 Å². The molecule has 0 unspecified atom stereocenters. The predicted molar refractivity (Wildman–Crippen MR) is 92.4 cm³/mol. The van der Waals surface area contributed by atoms with E-state index >= 15 is 0 Å². The molecule has 0 aliphatic carbocycles. The number of aliphatic hydroxyl groups excluding tert-OH is 1. The Morgan fingerprint density at radius 3 is 2.68 bits per heavy atom. The lowest BCUT2D eigenvalue weighted by molar-refractivity contribution is 0.112. The fourth-order valence-electron chi connectivity index (χ4n) is 3.25. The Morgan fingerprint density at radius 2 is 2.04 bits per heavy atom. The number of nitrogens with zero attached hydrogens (tertiary/aromatic N) is 3. The van der Waals surface area contributed by atoms with Gasteiger partial charge in [0.25, 0.3) is 0 Å². The minimum atomic E-state index is -0.598. The predicted octanol–water partition coefficient (Wildman–Crippen LogP) is 3.59. The van der Waals surface area contributed by atoms with Crippen molar-refractivity contribution in [2.75, 3.05) is 6.54 Å². The van der Waals surface area contributed by atoms with Gasteiger partial charge in [-0.2, -0.15) is 4.98 Å². The Morgan fingerprint density at radius 1 is 1.32 bits per heavy atom. The summed E-state index contributed by atoms with van der Waals surface area (Å²) in [6.45, 7) is 7.72. The SMILES string of the molecule is CC(C)(C)c1noc(CN2CCC[C@H]2C[C@H](O)c2ccc(F)cc2)n1. The van der Waals surface area contributed by atoms with Gasteiger partial charge in [0.05, 0.1) is 12.6 Å². The van der Waals surface area contributed by atoms with E-state index in [1.807, 2.05) is 0 Å². The van der Waals surface area contributed by atoms with Crippen molar-refractivity contribution < 1.29 is 14.0 Å². The van der Waals surface area contributed by atoms with Crippen LogP contribution in [0.3, 0.4) is 0 Å². The van der Waals surface area contributed by atoms with E-state index in [0.717, 1.165) is 24.9 Å². The van der Waals surface area contributed by atoms with Crippen molar-refractivity contribution in [3.8, 4) is 0 Å². The third-order valence-corrected chi connectivity index (χ3v) is 4.73. The van der Waals surface area contributed by atoms with Gasteiger partial charge in [-0.3, -0.25) is 4.90 Å². The summed E-state index contributed by atoms with van der Waals surface area (Å²) in [5.74, 6) is 1.04. The molecule has 0 bridgehead atoms. The van der Waals surface area contributed by atoms with Crippen LogP contribution in [0.1, 0.15) is 63.4 Å². The van der Waals surface area contributed by atoms with Crippen molar-refractivity contribution in [3.63, 3.8) is 0 Å². The summed E-state index contributed by atoms with van der Waals surface area (Å²) in [6.07, 6.45) is 2.13. The van der Waals surface area contributed by atoms with E-state index in [0.29, 0.717) is 24.7 Å². The Kier molecular flexibility index (Phi) is 5.20. The minimum absolute atomic E-state index is 0.134. The molecule has 1 aliphatic heterocycles. The molecular weight excluding hydrogens is 321 g/mol. The van der Waals surface area contributed by atoms with Gasteiger partial charge in [0.15, 0.2) is 5.82 Å². The van der Waals surface area contributed by atoms with E-state index < -0.39 is 6.10 Å². The highest BCUT2D eigenvalue weighted by Gasteiger charge is 2.29. The number of rotatable bonds is 5. The molecule has 1 N–H and O–H groups in total. The van der Waals surface area contributed by atoms with Crippen LogP contribution in [0.5, 0.6) is 0 Å². The van der Waals surface area contributed by atoms with Gasteiger partial charge in [0.1, 0.15) is 5.82 Å². The number of benzene rings is 1. The van der Waals surface area contributed by atoms with Crippen LogP contribution in [-0.2, 0) is 12.0 Å². The normalized spacial score (nSPS) is 20.1. The zero-order valence-corrected chi connectivity index (χ0v) is 15.1. The van der Waals surface area contributed by atoms with Crippen LogP contribution < -0.4 is 0 Å². The van der Waals surface area contributed by atoms with Crippen LogP contribution in [0.4, 0.5) is 4.39 Å². The lowest BCUT2D eigenvalue weighted by atomic mass is 9.96. The molecule has 1 fully saturated rings. The summed E-state index contributed by atoms with van der Waals surface area (Å²) in [6, 6.07) is 6.32. The molecule has 1 aromatic carbocycles. The molecule has 2 heterocycles. The minimum Gasteiger partial charge on any atom is -0.388 e. The first-order valence-electron chi connectivity index (χ1n) is 8.83.